The lowest BCUT2D eigenvalue weighted by Gasteiger charge is -2.07. The number of nitrogen functional groups attached to an aromatic ring is 1. The van der Waals surface area contributed by atoms with E-state index >= 15 is 0 Å². The summed E-state index contributed by atoms with van der Waals surface area (Å²) in [6.07, 6.45) is 1.66. The number of thioether (sulfide) groups is 1. The Bertz CT molecular complexity index is 505. The van der Waals surface area contributed by atoms with E-state index in [0.29, 0.717) is 16.5 Å². The first-order chi connectivity index (χ1) is 8.31. The van der Waals surface area contributed by atoms with Gasteiger partial charge in [0.1, 0.15) is 11.6 Å². The topological polar surface area (TPSA) is 50.9 Å². The van der Waals surface area contributed by atoms with E-state index in [1.54, 1.807) is 18.3 Å². The Morgan fingerprint density at radius 2 is 2.06 bits per heavy atom. The van der Waals surface area contributed by atoms with Gasteiger partial charge in [0.25, 0.3) is 0 Å². The molecule has 0 amide bonds. The Morgan fingerprint density at radius 1 is 1.24 bits per heavy atom. The maximum absolute atomic E-state index is 13.4. The molecule has 3 N–H and O–H groups in total. The second-order valence-electron chi connectivity index (χ2n) is 3.37. The van der Waals surface area contributed by atoms with Crippen LogP contribution < -0.4 is 11.3 Å². The summed E-state index contributed by atoms with van der Waals surface area (Å²) < 4.78 is 13.4. The molecule has 0 saturated carbocycles. The van der Waals surface area contributed by atoms with Crippen LogP contribution in [-0.2, 0) is 5.75 Å². The van der Waals surface area contributed by atoms with Crippen LogP contribution in [0.4, 0.5) is 10.2 Å². The average Bonchev–Trinajstić information content (AvgIpc) is 2.38. The van der Waals surface area contributed by atoms with Crippen LogP contribution in [0.3, 0.4) is 0 Å². The first kappa shape index (κ1) is 11.9. The summed E-state index contributed by atoms with van der Waals surface area (Å²) in [5, 5.41) is 0. The van der Waals surface area contributed by atoms with E-state index in [-0.39, 0.29) is 5.82 Å². The Balaban J connectivity index is 2.10. The molecule has 2 rings (SSSR count). The third-order valence-electron chi connectivity index (χ3n) is 2.25. The minimum Gasteiger partial charge on any atom is -0.308 e. The van der Waals surface area contributed by atoms with Crippen molar-refractivity contribution < 1.29 is 4.39 Å². The van der Waals surface area contributed by atoms with E-state index in [1.807, 2.05) is 18.2 Å². The van der Waals surface area contributed by atoms with Crippen molar-refractivity contribution in [2.24, 2.45) is 5.84 Å². The van der Waals surface area contributed by atoms with Crippen LogP contribution in [-0.4, -0.2) is 4.98 Å². The monoisotopic (exact) mass is 249 g/mol. The number of anilines is 1. The summed E-state index contributed by atoms with van der Waals surface area (Å²) in [4.78, 5) is 4.71. The summed E-state index contributed by atoms with van der Waals surface area (Å²) >= 11 is 1.42. The van der Waals surface area contributed by atoms with Crippen molar-refractivity contribution in [3.63, 3.8) is 0 Å². The minimum atomic E-state index is -0.205. The van der Waals surface area contributed by atoms with Gasteiger partial charge >= 0.3 is 0 Å². The molecule has 0 radical (unpaired) electrons. The quantitative estimate of drug-likeness (QED) is 0.497. The van der Waals surface area contributed by atoms with E-state index in [0.717, 1.165) is 5.56 Å². The summed E-state index contributed by atoms with van der Waals surface area (Å²) in [5.74, 6) is 6.39. The van der Waals surface area contributed by atoms with Crippen molar-refractivity contribution in [3.05, 3.63) is 54.0 Å². The van der Waals surface area contributed by atoms with Gasteiger partial charge in [-0.25, -0.2) is 15.2 Å². The van der Waals surface area contributed by atoms with Crippen LogP contribution >= 0.6 is 11.8 Å². The van der Waals surface area contributed by atoms with Crippen molar-refractivity contribution in [1.82, 2.24) is 4.98 Å². The van der Waals surface area contributed by atoms with Gasteiger partial charge in [-0.15, -0.1) is 11.8 Å². The number of halogens is 1. The van der Waals surface area contributed by atoms with Crippen molar-refractivity contribution in [2.45, 2.75) is 10.6 Å². The van der Waals surface area contributed by atoms with Crippen LogP contribution in [0, 0.1) is 5.82 Å². The zero-order chi connectivity index (χ0) is 12.1. The number of hydrogen-bond acceptors (Lipinski definition) is 4. The van der Waals surface area contributed by atoms with E-state index in [1.165, 1.54) is 17.8 Å². The third-order valence-corrected chi connectivity index (χ3v) is 3.35. The Kier molecular flexibility index (Phi) is 3.95. The van der Waals surface area contributed by atoms with Crippen LogP contribution in [0.25, 0.3) is 0 Å². The molecule has 1 aromatic carbocycles. The van der Waals surface area contributed by atoms with Crippen LogP contribution in [0.1, 0.15) is 5.56 Å². The predicted octanol–water partition coefficient (Wildman–Crippen LogP) is 2.80. The Hall–Kier alpha value is -1.59. The molecule has 17 heavy (non-hydrogen) atoms. The van der Waals surface area contributed by atoms with Gasteiger partial charge in [-0.1, -0.05) is 18.2 Å². The molecule has 0 aliphatic heterocycles. The molecule has 0 fully saturated rings. The van der Waals surface area contributed by atoms with Crippen LogP contribution in [0.2, 0.25) is 0 Å². The fraction of sp³-hybridized carbons (Fsp3) is 0.0833. The summed E-state index contributed by atoms with van der Waals surface area (Å²) in [7, 11) is 0. The molecule has 1 heterocycles. The predicted molar refractivity (Wildman–Crippen MR) is 68.0 cm³/mol. The van der Waals surface area contributed by atoms with Crippen LogP contribution in [0.15, 0.2) is 47.5 Å². The third kappa shape index (κ3) is 2.95. The largest absolute Gasteiger partial charge is 0.308 e. The first-order valence-electron chi connectivity index (χ1n) is 5.09. The standard InChI is InChI=1S/C12H12FN3S/c13-10-5-1-2-6-11(10)17-8-9-4-3-7-15-12(9)16-14/h1-7H,8,14H2,(H,15,16). The van der Waals surface area contributed by atoms with Gasteiger partial charge < -0.3 is 5.43 Å². The maximum Gasteiger partial charge on any atom is 0.143 e. The summed E-state index contributed by atoms with van der Waals surface area (Å²) in [5.41, 5.74) is 3.48. The lowest BCUT2D eigenvalue weighted by molar-refractivity contribution is 0.602. The number of nitrogens with two attached hydrogens (primary N) is 1. The van der Waals surface area contributed by atoms with E-state index < -0.39 is 0 Å². The molecule has 1 aromatic heterocycles. The van der Waals surface area contributed by atoms with Gasteiger partial charge in [0.05, 0.1) is 0 Å². The highest BCUT2D eigenvalue weighted by atomic mass is 32.2. The lowest BCUT2D eigenvalue weighted by atomic mass is 10.3. The van der Waals surface area contributed by atoms with Crippen molar-refractivity contribution in [2.75, 3.05) is 5.43 Å². The van der Waals surface area contributed by atoms with Gasteiger partial charge in [-0.05, 0) is 18.2 Å². The molecule has 0 aliphatic carbocycles. The second-order valence-corrected chi connectivity index (χ2v) is 4.39. The molecule has 0 bridgehead atoms. The first-order valence-corrected chi connectivity index (χ1v) is 6.07. The van der Waals surface area contributed by atoms with Crippen molar-refractivity contribution in [1.29, 1.82) is 0 Å². The molecule has 2 aromatic rings. The number of hydrazine groups is 1. The van der Waals surface area contributed by atoms with Crippen molar-refractivity contribution >= 4 is 17.6 Å². The highest BCUT2D eigenvalue weighted by Crippen LogP contribution is 2.27. The summed E-state index contributed by atoms with van der Waals surface area (Å²) in [6.45, 7) is 0. The number of hydrogen-bond donors (Lipinski definition) is 2. The zero-order valence-electron chi connectivity index (χ0n) is 9.06. The van der Waals surface area contributed by atoms with Gasteiger partial charge in [0.2, 0.25) is 0 Å². The molecule has 3 nitrogen and oxygen atoms in total. The number of aromatic nitrogens is 1. The molecule has 0 aliphatic rings. The number of pyridine rings is 1. The number of nitrogens with one attached hydrogen (secondary N) is 1. The molecule has 0 atom stereocenters. The molecule has 0 spiro atoms. The fourth-order valence-corrected chi connectivity index (χ4v) is 2.33. The Morgan fingerprint density at radius 3 is 2.82 bits per heavy atom. The van der Waals surface area contributed by atoms with E-state index in [9.17, 15) is 4.39 Å². The molecule has 88 valence electrons. The Labute approximate surface area is 103 Å². The molecule has 0 saturated heterocycles. The molecule has 5 heteroatoms. The number of nitrogens with zero attached hydrogens (tertiary/aromatic N) is 1. The fourth-order valence-electron chi connectivity index (χ4n) is 1.40. The second kappa shape index (κ2) is 5.65. The highest BCUT2D eigenvalue weighted by Gasteiger charge is 2.05. The smallest absolute Gasteiger partial charge is 0.143 e. The average molecular weight is 249 g/mol. The minimum absolute atomic E-state index is 0.205. The van der Waals surface area contributed by atoms with Crippen molar-refractivity contribution in [3.8, 4) is 0 Å². The maximum atomic E-state index is 13.4. The zero-order valence-corrected chi connectivity index (χ0v) is 9.88. The number of benzene rings is 1. The van der Waals surface area contributed by atoms with Gasteiger partial charge in [0.15, 0.2) is 0 Å². The van der Waals surface area contributed by atoms with Gasteiger partial charge in [0, 0.05) is 22.4 Å². The normalized spacial score (nSPS) is 10.2. The van der Waals surface area contributed by atoms with E-state index in [2.05, 4.69) is 10.4 Å². The molecule has 0 unspecified atom stereocenters. The van der Waals surface area contributed by atoms with Gasteiger partial charge in [-0.2, -0.15) is 0 Å². The van der Waals surface area contributed by atoms with Gasteiger partial charge in [-0.3, -0.25) is 0 Å². The SMILES string of the molecule is NNc1ncccc1CSc1ccccc1F. The highest BCUT2D eigenvalue weighted by molar-refractivity contribution is 7.98. The molecular weight excluding hydrogens is 237 g/mol. The summed E-state index contributed by atoms with van der Waals surface area (Å²) in [6, 6.07) is 10.4. The van der Waals surface area contributed by atoms with Crippen LogP contribution in [0.5, 0.6) is 0 Å². The lowest BCUT2D eigenvalue weighted by Crippen LogP contribution is -2.10. The number of rotatable bonds is 4. The molecular formula is C12H12FN3S. The van der Waals surface area contributed by atoms with E-state index in [4.69, 9.17) is 5.84 Å².